The van der Waals surface area contributed by atoms with E-state index in [9.17, 15) is 9.59 Å². The topological polar surface area (TPSA) is 101 Å². The lowest BCUT2D eigenvalue weighted by Gasteiger charge is -2.28. The minimum absolute atomic E-state index is 0.142. The summed E-state index contributed by atoms with van der Waals surface area (Å²) in [6.07, 6.45) is 5.66. The fraction of sp³-hybridized carbons (Fsp3) is 0.370. The summed E-state index contributed by atoms with van der Waals surface area (Å²) >= 11 is 0. The van der Waals surface area contributed by atoms with Gasteiger partial charge in [0.1, 0.15) is 18.6 Å². The van der Waals surface area contributed by atoms with Crippen LogP contribution in [0, 0.1) is 0 Å². The Kier molecular flexibility index (Phi) is 9.57. The number of pyridine rings is 1. The van der Waals surface area contributed by atoms with E-state index < -0.39 is 0 Å². The highest BCUT2D eigenvalue weighted by atomic mass is 16.5. The smallest absolute Gasteiger partial charge is 0.162 e. The van der Waals surface area contributed by atoms with Crippen molar-refractivity contribution in [3.63, 3.8) is 0 Å². The van der Waals surface area contributed by atoms with Crippen LogP contribution in [0.2, 0.25) is 0 Å². The second-order valence-electron chi connectivity index (χ2n) is 8.63. The van der Waals surface area contributed by atoms with E-state index in [1.165, 1.54) is 13.0 Å². The molecule has 0 saturated carbocycles. The molecule has 2 aromatic rings. The summed E-state index contributed by atoms with van der Waals surface area (Å²) in [5.74, 6) is 0.443. The first kappa shape index (κ1) is 26.1. The van der Waals surface area contributed by atoms with Crippen LogP contribution in [0.3, 0.4) is 0 Å². The number of carbonyl (C=O) groups excluding carboxylic acids is 2. The highest BCUT2D eigenvalue weighted by Gasteiger charge is 2.20. The Morgan fingerprint density at radius 1 is 1.26 bits per heavy atom. The second kappa shape index (κ2) is 12.8. The quantitative estimate of drug-likeness (QED) is 0.376. The zero-order valence-corrected chi connectivity index (χ0v) is 20.8. The largest absolute Gasteiger partial charge is 0.492 e. The third-order valence-corrected chi connectivity index (χ3v) is 5.91. The van der Waals surface area contributed by atoms with Gasteiger partial charge >= 0.3 is 0 Å². The molecule has 1 saturated heterocycles. The third kappa shape index (κ3) is 7.24. The Hall–Kier alpha value is -3.49. The minimum Gasteiger partial charge on any atom is -0.492 e. The maximum atomic E-state index is 12.5. The van der Waals surface area contributed by atoms with Crippen LogP contribution in [0.5, 0.6) is 5.75 Å². The average Bonchev–Trinajstić information content (AvgIpc) is 2.84. The molecule has 0 radical (unpaired) electrons. The standard InChI is InChI=1S/C27H35N5O3/c1-20(28)27(21(2)34)24-17-22(7-6-15-33)25(31(3)19-23-8-4-5-9-30-23)18-26(24)35-16-14-32-12-10-29-11-13-32/h4-9,15,17-18,29H,10-14,16,19,28H2,1-3H3/b7-6-,27-20?. The van der Waals surface area contributed by atoms with Crippen molar-refractivity contribution in [1.82, 2.24) is 15.2 Å². The van der Waals surface area contributed by atoms with Gasteiger partial charge in [-0.05, 0) is 49.8 Å². The Bertz CT molecular complexity index is 1070. The van der Waals surface area contributed by atoms with Crippen LogP contribution in [-0.4, -0.2) is 68.3 Å². The number of allylic oxidation sites excluding steroid dienone is 3. The summed E-state index contributed by atoms with van der Waals surface area (Å²) < 4.78 is 6.28. The molecule has 1 aromatic carbocycles. The number of rotatable bonds is 11. The highest BCUT2D eigenvalue weighted by molar-refractivity contribution is 6.21. The number of Topliss-reactive ketones (excluding diaryl/α,β-unsaturated/α-hetero) is 1. The molecule has 0 bridgehead atoms. The molecule has 2 heterocycles. The monoisotopic (exact) mass is 477 g/mol. The van der Waals surface area contributed by atoms with E-state index in [2.05, 4.69) is 15.2 Å². The number of ketones is 1. The van der Waals surface area contributed by atoms with Crippen molar-refractivity contribution in [2.24, 2.45) is 5.73 Å². The van der Waals surface area contributed by atoms with Crippen molar-refractivity contribution >= 4 is 29.4 Å². The molecule has 1 aliphatic rings. The molecule has 3 rings (SSSR count). The zero-order chi connectivity index (χ0) is 25.2. The lowest BCUT2D eigenvalue weighted by molar-refractivity contribution is -0.111. The first-order valence-electron chi connectivity index (χ1n) is 11.8. The Morgan fingerprint density at radius 2 is 2.03 bits per heavy atom. The summed E-state index contributed by atoms with van der Waals surface area (Å²) in [6, 6.07) is 9.59. The number of aldehydes is 1. The van der Waals surface area contributed by atoms with E-state index in [0.717, 1.165) is 56.0 Å². The summed E-state index contributed by atoms with van der Waals surface area (Å²) in [5, 5.41) is 3.35. The summed E-state index contributed by atoms with van der Waals surface area (Å²) in [5.41, 5.74) is 10.1. The predicted octanol–water partition coefficient (Wildman–Crippen LogP) is 2.49. The Labute approximate surface area is 207 Å². The van der Waals surface area contributed by atoms with Crippen LogP contribution in [0.1, 0.15) is 30.7 Å². The molecule has 3 N–H and O–H groups in total. The molecule has 1 aliphatic heterocycles. The molecule has 186 valence electrons. The molecule has 0 unspecified atom stereocenters. The van der Waals surface area contributed by atoms with E-state index >= 15 is 0 Å². The molecule has 0 aliphatic carbocycles. The molecule has 0 atom stereocenters. The predicted molar refractivity (Wildman–Crippen MR) is 140 cm³/mol. The zero-order valence-electron chi connectivity index (χ0n) is 20.8. The van der Waals surface area contributed by atoms with Crippen LogP contribution in [0.4, 0.5) is 5.69 Å². The number of aromatic nitrogens is 1. The molecule has 0 amide bonds. The van der Waals surface area contributed by atoms with Gasteiger partial charge in [0, 0.05) is 74.6 Å². The number of benzene rings is 1. The van der Waals surface area contributed by atoms with Gasteiger partial charge in [-0.1, -0.05) is 6.07 Å². The van der Waals surface area contributed by atoms with Gasteiger partial charge in [0.05, 0.1) is 12.2 Å². The molecule has 35 heavy (non-hydrogen) atoms. The van der Waals surface area contributed by atoms with Crippen molar-refractivity contribution in [2.45, 2.75) is 20.4 Å². The summed E-state index contributed by atoms with van der Waals surface area (Å²) in [7, 11) is 1.96. The van der Waals surface area contributed by atoms with Gasteiger partial charge in [-0.3, -0.25) is 19.5 Å². The van der Waals surface area contributed by atoms with Crippen molar-refractivity contribution in [3.05, 3.63) is 65.1 Å². The van der Waals surface area contributed by atoms with E-state index in [1.54, 1.807) is 19.2 Å². The number of anilines is 1. The number of nitrogens with two attached hydrogens (primary N) is 1. The van der Waals surface area contributed by atoms with Crippen molar-refractivity contribution in [2.75, 3.05) is 51.3 Å². The van der Waals surface area contributed by atoms with E-state index in [0.29, 0.717) is 35.7 Å². The second-order valence-corrected chi connectivity index (χ2v) is 8.63. The van der Waals surface area contributed by atoms with Gasteiger partial charge in [0.15, 0.2) is 5.78 Å². The summed E-state index contributed by atoms with van der Waals surface area (Å²) in [4.78, 5) is 32.5. The molecule has 1 fully saturated rings. The van der Waals surface area contributed by atoms with Crippen LogP contribution in [0.15, 0.2) is 48.3 Å². The fourth-order valence-electron chi connectivity index (χ4n) is 4.23. The van der Waals surface area contributed by atoms with Crippen LogP contribution in [0.25, 0.3) is 11.6 Å². The van der Waals surface area contributed by atoms with Gasteiger partial charge in [-0.2, -0.15) is 0 Å². The minimum atomic E-state index is -0.142. The lowest BCUT2D eigenvalue weighted by Crippen LogP contribution is -2.44. The van der Waals surface area contributed by atoms with E-state index in [1.807, 2.05) is 42.3 Å². The number of carbonyl (C=O) groups is 2. The van der Waals surface area contributed by atoms with Crippen molar-refractivity contribution in [3.8, 4) is 5.75 Å². The van der Waals surface area contributed by atoms with Gasteiger partial charge in [-0.15, -0.1) is 0 Å². The average molecular weight is 478 g/mol. The van der Waals surface area contributed by atoms with Crippen molar-refractivity contribution in [1.29, 1.82) is 0 Å². The molecular weight excluding hydrogens is 442 g/mol. The number of ether oxygens (including phenoxy) is 1. The van der Waals surface area contributed by atoms with Crippen molar-refractivity contribution < 1.29 is 14.3 Å². The fourth-order valence-corrected chi connectivity index (χ4v) is 4.23. The Morgan fingerprint density at radius 3 is 2.66 bits per heavy atom. The van der Waals surface area contributed by atoms with Gasteiger partial charge in [0.25, 0.3) is 0 Å². The molecule has 0 spiro atoms. The molecule has 8 nitrogen and oxygen atoms in total. The van der Waals surface area contributed by atoms with E-state index in [4.69, 9.17) is 10.5 Å². The van der Waals surface area contributed by atoms with Gasteiger partial charge in [0.2, 0.25) is 0 Å². The van der Waals surface area contributed by atoms with Gasteiger partial charge in [-0.25, -0.2) is 0 Å². The molecule has 1 aromatic heterocycles. The maximum Gasteiger partial charge on any atom is 0.162 e. The van der Waals surface area contributed by atoms with Gasteiger partial charge < -0.3 is 20.7 Å². The lowest BCUT2D eigenvalue weighted by atomic mass is 9.96. The molecular formula is C27H35N5O3. The number of nitrogens with zero attached hydrogens (tertiary/aromatic N) is 3. The normalized spacial score (nSPS) is 15.1. The number of hydrogen-bond donors (Lipinski definition) is 2. The number of hydrogen-bond acceptors (Lipinski definition) is 8. The SMILES string of the molecule is CC(=O)C(=C(C)N)c1cc(/C=C\C=O)c(N(C)Cc2ccccn2)cc1OCCN1CCNCC1. The van der Waals surface area contributed by atoms with E-state index in [-0.39, 0.29) is 5.78 Å². The number of piperazine rings is 1. The number of nitrogens with one attached hydrogen (secondary N) is 1. The highest BCUT2D eigenvalue weighted by Crippen LogP contribution is 2.36. The third-order valence-electron chi connectivity index (χ3n) is 5.91. The van der Waals surface area contributed by atoms with Crippen LogP contribution < -0.4 is 20.7 Å². The molecule has 8 heteroatoms. The maximum absolute atomic E-state index is 12.5. The first-order chi connectivity index (χ1) is 16.9. The van der Waals surface area contributed by atoms with Crippen LogP contribution in [-0.2, 0) is 16.1 Å². The Balaban J connectivity index is 2.01. The van der Waals surface area contributed by atoms with Crippen LogP contribution >= 0.6 is 0 Å². The summed E-state index contributed by atoms with van der Waals surface area (Å²) in [6.45, 7) is 8.93. The first-order valence-corrected chi connectivity index (χ1v) is 11.8.